The Bertz CT molecular complexity index is 816. The lowest BCUT2D eigenvalue weighted by atomic mass is 9.82. The Hall–Kier alpha value is -1.70. The lowest BCUT2D eigenvalue weighted by Crippen LogP contribution is -2.52. The van der Waals surface area contributed by atoms with Crippen LogP contribution < -0.4 is 5.56 Å². The summed E-state index contributed by atoms with van der Waals surface area (Å²) in [6.45, 7) is 5.27. The Morgan fingerprint density at radius 3 is 2.64 bits per heavy atom. The molecule has 5 heterocycles. The summed E-state index contributed by atoms with van der Waals surface area (Å²) in [5.41, 5.74) is 1.17. The van der Waals surface area contributed by atoms with Gasteiger partial charge in [-0.2, -0.15) is 0 Å². The highest BCUT2D eigenvalue weighted by Gasteiger charge is 2.38. The quantitative estimate of drug-likeness (QED) is 0.807. The molecule has 7 nitrogen and oxygen atoms in total. The first-order valence-electron chi connectivity index (χ1n) is 10.6. The SMILES string of the molecule is O=C(c1ccc2n(c1=O)C[C@H]1C[C@@H]2CN(C2CCOCC2)C1)N1CC[C@H](O)C1. The molecule has 0 radical (unpaired) electrons. The minimum atomic E-state index is -0.472. The zero-order valence-corrected chi connectivity index (χ0v) is 16.3. The monoisotopic (exact) mass is 387 g/mol. The molecule has 0 spiro atoms. The Labute approximate surface area is 164 Å². The number of β-amino-alcohol motifs (C(OH)–C–C–N with tert-alkyl or cyclic N) is 1. The van der Waals surface area contributed by atoms with E-state index in [0.29, 0.717) is 43.9 Å². The van der Waals surface area contributed by atoms with Gasteiger partial charge in [-0.15, -0.1) is 0 Å². The molecule has 0 unspecified atom stereocenters. The van der Waals surface area contributed by atoms with Gasteiger partial charge in [0, 0.05) is 63.6 Å². The second-order valence-electron chi connectivity index (χ2n) is 8.88. The van der Waals surface area contributed by atoms with E-state index in [4.69, 9.17) is 4.74 Å². The molecule has 152 valence electrons. The minimum Gasteiger partial charge on any atom is -0.391 e. The fraction of sp³-hybridized carbons (Fsp3) is 0.714. The maximum Gasteiger partial charge on any atom is 0.263 e. The summed E-state index contributed by atoms with van der Waals surface area (Å²) in [5.74, 6) is 0.586. The number of aliphatic hydroxyl groups excluding tert-OH is 1. The summed E-state index contributed by atoms with van der Waals surface area (Å²) < 4.78 is 7.38. The molecule has 1 aromatic heterocycles. The van der Waals surface area contributed by atoms with Crippen molar-refractivity contribution in [1.82, 2.24) is 14.4 Å². The third-order valence-corrected chi connectivity index (χ3v) is 7.02. The maximum absolute atomic E-state index is 13.1. The Morgan fingerprint density at radius 1 is 1.07 bits per heavy atom. The number of aromatic nitrogens is 1. The summed E-state index contributed by atoms with van der Waals surface area (Å²) >= 11 is 0. The molecule has 1 aromatic rings. The van der Waals surface area contributed by atoms with E-state index in [1.165, 1.54) is 0 Å². The number of hydrogen-bond acceptors (Lipinski definition) is 5. The van der Waals surface area contributed by atoms with Crippen molar-refractivity contribution in [2.24, 2.45) is 5.92 Å². The number of amides is 1. The maximum atomic E-state index is 13.1. The molecule has 3 fully saturated rings. The number of hydrogen-bond donors (Lipinski definition) is 1. The Kier molecular flexibility index (Phi) is 4.77. The number of aliphatic hydroxyl groups is 1. The van der Waals surface area contributed by atoms with Gasteiger partial charge < -0.3 is 19.3 Å². The number of rotatable bonds is 2. The van der Waals surface area contributed by atoms with Crippen molar-refractivity contribution in [3.8, 4) is 0 Å². The molecule has 3 atom stereocenters. The third-order valence-electron chi connectivity index (χ3n) is 7.02. The second-order valence-corrected chi connectivity index (χ2v) is 8.88. The molecule has 0 saturated carbocycles. The van der Waals surface area contributed by atoms with Crippen LogP contribution in [0.25, 0.3) is 0 Å². The first-order chi connectivity index (χ1) is 13.6. The zero-order chi connectivity index (χ0) is 19.3. The second kappa shape index (κ2) is 7.28. The zero-order valence-electron chi connectivity index (χ0n) is 16.3. The summed E-state index contributed by atoms with van der Waals surface area (Å²) in [5, 5.41) is 9.71. The van der Waals surface area contributed by atoms with Crippen molar-refractivity contribution in [1.29, 1.82) is 0 Å². The van der Waals surface area contributed by atoms with E-state index >= 15 is 0 Å². The molecule has 0 aromatic carbocycles. The van der Waals surface area contributed by atoms with Crippen LogP contribution in [0.1, 0.15) is 47.7 Å². The Balaban J connectivity index is 1.39. The summed E-state index contributed by atoms with van der Waals surface area (Å²) in [6, 6.07) is 4.31. The number of piperidine rings is 1. The number of ether oxygens (including phenoxy) is 1. The van der Waals surface area contributed by atoms with Gasteiger partial charge >= 0.3 is 0 Å². The van der Waals surface area contributed by atoms with E-state index in [-0.39, 0.29) is 17.0 Å². The topological polar surface area (TPSA) is 75.0 Å². The van der Waals surface area contributed by atoms with Gasteiger partial charge in [0.1, 0.15) is 5.56 Å². The van der Waals surface area contributed by atoms with Crippen LogP contribution >= 0.6 is 0 Å². The van der Waals surface area contributed by atoms with Crippen molar-refractivity contribution in [3.05, 3.63) is 33.7 Å². The fourth-order valence-electron chi connectivity index (χ4n) is 5.59. The van der Waals surface area contributed by atoms with Gasteiger partial charge in [0.2, 0.25) is 0 Å². The fourth-order valence-corrected chi connectivity index (χ4v) is 5.59. The van der Waals surface area contributed by atoms with E-state index in [0.717, 1.165) is 51.3 Å². The van der Waals surface area contributed by atoms with Gasteiger partial charge in [-0.25, -0.2) is 0 Å². The molecule has 5 rings (SSSR count). The predicted octanol–water partition coefficient (Wildman–Crippen LogP) is 0.653. The normalized spacial score (nSPS) is 31.0. The van der Waals surface area contributed by atoms with Crippen LogP contribution in [0.3, 0.4) is 0 Å². The molecule has 7 heteroatoms. The molecule has 1 amide bonds. The average molecular weight is 387 g/mol. The first kappa shape index (κ1) is 18.3. The van der Waals surface area contributed by atoms with E-state index in [9.17, 15) is 14.7 Å². The van der Waals surface area contributed by atoms with Crippen molar-refractivity contribution < 1.29 is 14.6 Å². The van der Waals surface area contributed by atoms with Crippen LogP contribution in [0.4, 0.5) is 0 Å². The van der Waals surface area contributed by atoms with Crippen LogP contribution in [0, 0.1) is 5.92 Å². The predicted molar refractivity (Wildman–Crippen MR) is 103 cm³/mol. The number of pyridine rings is 1. The molecular formula is C21H29N3O4. The van der Waals surface area contributed by atoms with Gasteiger partial charge in [0.15, 0.2) is 0 Å². The number of fused-ring (bicyclic) bond motifs is 4. The number of likely N-dealkylation sites (tertiary alicyclic amines) is 2. The van der Waals surface area contributed by atoms with Crippen LogP contribution in [-0.4, -0.2) is 76.9 Å². The lowest BCUT2D eigenvalue weighted by molar-refractivity contribution is 0.00584. The molecule has 2 bridgehead atoms. The molecule has 4 aliphatic heterocycles. The molecule has 0 aliphatic carbocycles. The largest absolute Gasteiger partial charge is 0.391 e. The molecule has 4 aliphatic rings. The standard InChI is InChI=1S/C21H29N3O4/c25-17-3-6-22(13-17)20(26)18-1-2-19-15-9-14(11-24(19)21(18)27)10-23(12-15)16-4-7-28-8-5-16/h1-2,14-17,25H,3-13H2/t14-,15+,17-/m0/s1. The molecule has 28 heavy (non-hydrogen) atoms. The molecule has 3 saturated heterocycles. The summed E-state index contributed by atoms with van der Waals surface area (Å²) in [7, 11) is 0. The van der Waals surface area contributed by atoms with Crippen molar-refractivity contribution in [2.45, 2.75) is 50.3 Å². The highest BCUT2D eigenvalue weighted by atomic mass is 16.5. The Morgan fingerprint density at radius 2 is 1.89 bits per heavy atom. The summed E-state index contributed by atoms with van der Waals surface area (Å²) in [4.78, 5) is 30.1. The molecular weight excluding hydrogens is 358 g/mol. The van der Waals surface area contributed by atoms with Crippen molar-refractivity contribution in [2.75, 3.05) is 39.4 Å². The number of carbonyl (C=O) groups excluding carboxylic acids is 1. The van der Waals surface area contributed by atoms with Crippen LogP contribution in [0.15, 0.2) is 16.9 Å². The third kappa shape index (κ3) is 3.19. The lowest BCUT2D eigenvalue weighted by Gasteiger charge is -2.46. The smallest absolute Gasteiger partial charge is 0.263 e. The van der Waals surface area contributed by atoms with Crippen LogP contribution in [0.5, 0.6) is 0 Å². The number of nitrogens with zero attached hydrogens (tertiary/aromatic N) is 3. The van der Waals surface area contributed by atoms with Crippen molar-refractivity contribution in [3.63, 3.8) is 0 Å². The molecule has 1 N–H and O–H groups in total. The van der Waals surface area contributed by atoms with Gasteiger partial charge in [-0.05, 0) is 43.7 Å². The van der Waals surface area contributed by atoms with Crippen LogP contribution in [0.2, 0.25) is 0 Å². The van der Waals surface area contributed by atoms with E-state index < -0.39 is 6.10 Å². The summed E-state index contributed by atoms with van der Waals surface area (Å²) in [6.07, 6.45) is 3.44. The van der Waals surface area contributed by atoms with Gasteiger partial charge in [0.05, 0.1) is 6.10 Å². The van der Waals surface area contributed by atoms with Crippen LogP contribution in [-0.2, 0) is 11.3 Å². The first-order valence-corrected chi connectivity index (χ1v) is 10.6. The highest BCUT2D eigenvalue weighted by molar-refractivity contribution is 5.94. The van der Waals surface area contributed by atoms with Gasteiger partial charge in [-0.3, -0.25) is 14.5 Å². The van der Waals surface area contributed by atoms with Crippen molar-refractivity contribution >= 4 is 5.91 Å². The van der Waals surface area contributed by atoms with Gasteiger partial charge in [0.25, 0.3) is 11.5 Å². The average Bonchev–Trinajstić information content (AvgIpc) is 3.15. The number of carbonyl (C=O) groups is 1. The van der Waals surface area contributed by atoms with Gasteiger partial charge in [-0.1, -0.05) is 0 Å². The minimum absolute atomic E-state index is 0.155. The van der Waals surface area contributed by atoms with E-state index in [1.54, 1.807) is 11.0 Å². The highest BCUT2D eigenvalue weighted by Crippen LogP contribution is 2.37. The van der Waals surface area contributed by atoms with E-state index in [1.807, 2.05) is 10.6 Å². The van der Waals surface area contributed by atoms with E-state index in [2.05, 4.69) is 4.90 Å².